The highest BCUT2D eigenvalue weighted by atomic mass is 19.4. The Morgan fingerprint density at radius 2 is 1.74 bits per heavy atom. The highest BCUT2D eigenvalue weighted by Gasteiger charge is 2.37. The topological polar surface area (TPSA) is 117 Å². The summed E-state index contributed by atoms with van der Waals surface area (Å²) in [5.41, 5.74) is 6.32. The Morgan fingerprint density at radius 3 is 2.38 bits per heavy atom. The van der Waals surface area contributed by atoms with Crippen molar-refractivity contribution in [2.24, 2.45) is 11.6 Å². The molecule has 1 amide bonds. The van der Waals surface area contributed by atoms with E-state index in [9.17, 15) is 22.4 Å². The molecule has 39 heavy (non-hydrogen) atoms. The van der Waals surface area contributed by atoms with Crippen LogP contribution in [0.15, 0.2) is 55.3 Å². The lowest BCUT2D eigenvalue weighted by Gasteiger charge is -2.34. The Bertz CT molecular complexity index is 1370. The number of aryl methyl sites for hydroxylation is 1. The van der Waals surface area contributed by atoms with Crippen LogP contribution in [0.4, 0.5) is 34.6 Å². The van der Waals surface area contributed by atoms with E-state index in [0.29, 0.717) is 43.5 Å². The molecule has 3 aromatic rings. The molecule has 1 saturated heterocycles. The zero-order valence-electron chi connectivity index (χ0n) is 21.3. The molecule has 0 aliphatic carbocycles. The first-order valence-corrected chi connectivity index (χ1v) is 12.0. The number of nitrogens with zero attached hydrogens (tertiary/aromatic N) is 5. The number of nitrogens with one attached hydrogen (secondary N) is 1. The minimum atomic E-state index is -4.98. The SMILES string of the molecule is Cc1ccc(NC(=O)c2cc(N3CCN(C)CC3)c(F)c(C(F)(F)F)c2)cc1N(N)/C=C(\N)c1cncnc1. The lowest BCUT2D eigenvalue weighted by atomic mass is 10.1. The molecule has 1 fully saturated rings. The largest absolute Gasteiger partial charge is 0.419 e. The van der Waals surface area contributed by atoms with Gasteiger partial charge in [0.25, 0.3) is 5.91 Å². The van der Waals surface area contributed by atoms with Crippen LogP contribution in [0.25, 0.3) is 5.70 Å². The van der Waals surface area contributed by atoms with Crippen LogP contribution >= 0.6 is 0 Å². The number of hydrazine groups is 1. The molecule has 206 valence electrons. The van der Waals surface area contributed by atoms with Crippen molar-refractivity contribution in [3.05, 3.63) is 83.3 Å². The number of piperazine rings is 1. The van der Waals surface area contributed by atoms with Gasteiger partial charge >= 0.3 is 6.18 Å². The maximum atomic E-state index is 15.0. The molecule has 4 rings (SSSR count). The van der Waals surface area contributed by atoms with Crippen LogP contribution in [-0.4, -0.2) is 54.0 Å². The monoisotopic (exact) mass is 544 g/mol. The molecule has 0 saturated carbocycles. The van der Waals surface area contributed by atoms with Gasteiger partial charge in [0.15, 0.2) is 5.82 Å². The Labute approximate surface area is 222 Å². The van der Waals surface area contributed by atoms with E-state index in [1.807, 2.05) is 11.9 Å². The average Bonchev–Trinajstić information content (AvgIpc) is 2.90. The van der Waals surface area contributed by atoms with Crippen LogP contribution in [0.3, 0.4) is 0 Å². The number of aromatic nitrogens is 2. The zero-order valence-corrected chi connectivity index (χ0v) is 21.3. The molecule has 1 aliphatic rings. The number of halogens is 4. The van der Waals surface area contributed by atoms with Crippen molar-refractivity contribution in [3.63, 3.8) is 0 Å². The van der Waals surface area contributed by atoms with Gasteiger partial charge in [0.1, 0.15) is 6.33 Å². The third-order valence-corrected chi connectivity index (χ3v) is 6.38. The van der Waals surface area contributed by atoms with E-state index >= 15 is 0 Å². The number of hydrogen-bond acceptors (Lipinski definition) is 8. The maximum Gasteiger partial charge on any atom is 0.419 e. The second kappa shape index (κ2) is 11.3. The van der Waals surface area contributed by atoms with Crippen LogP contribution in [0, 0.1) is 12.7 Å². The first kappa shape index (κ1) is 27.8. The fourth-order valence-corrected chi connectivity index (χ4v) is 4.13. The first-order valence-electron chi connectivity index (χ1n) is 12.0. The highest BCUT2D eigenvalue weighted by Crippen LogP contribution is 2.37. The smallest absolute Gasteiger partial charge is 0.397 e. The van der Waals surface area contributed by atoms with Gasteiger partial charge < -0.3 is 20.9 Å². The lowest BCUT2D eigenvalue weighted by Crippen LogP contribution is -2.45. The van der Waals surface area contributed by atoms with Gasteiger partial charge in [0.05, 0.1) is 22.6 Å². The summed E-state index contributed by atoms with van der Waals surface area (Å²) in [5.74, 6) is 3.97. The Balaban J connectivity index is 1.62. The summed E-state index contributed by atoms with van der Waals surface area (Å²) in [6.45, 7) is 3.54. The van der Waals surface area contributed by atoms with E-state index in [1.165, 1.54) is 34.8 Å². The van der Waals surface area contributed by atoms with E-state index in [0.717, 1.165) is 11.6 Å². The summed E-state index contributed by atoms with van der Waals surface area (Å²) in [7, 11) is 1.87. The molecule has 2 aromatic carbocycles. The van der Waals surface area contributed by atoms with Crippen molar-refractivity contribution in [1.29, 1.82) is 0 Å². The molecule has 0 unspecified atom stereocenters. The number of carbonyl (C=O) groups excluding carboxylic acids is 1. The number of amides is 1. The average molecular weight is 545 g/mol. The van der Waals surface area contributed by atoms with Crippen molar-refractivity contribution in [1.82, 2.24) is 14.9 Å². The number of anilines is 3. The second-order valence-electron chi connectivity index (χ2n) is 9.22. The van der Waals surface area contributed by atoms with Gasteiger partial charge in [-0.2, -0.15) is 13.2 Å². The summed E-state index contributed by atoms with van der Waals surface area (Å²) in [5, 5.41) is 3.84. The van der Waals surface area contributed by atoms with Crippen molar-refractivity contribution >= 4 is 28.7 Å². The van der Waals surface area contributed by atoms with E-state index in [1.54, 1.807) is 25.1 Å². The molecule has 1 aromatic heterocycles. The number of rotatable bonds is 6. The van der Waals surface area contributed by atoms with Gasteiger partial charge in [-0.1, -0.05) is 6.07 Å². The van der Waals surface area contributed by atoms with Crippen LogP contribution < -0.4 is 26.8 Å². The molecule has 13 heteroatoms. The minimum absolute atomic E-state index is 0.258. The molecular formula is C26H28F4N8O. The van der Waals surface area contributed by atoms with Gasteiger partial charge in [-0.15, -0.1) is 0 Å². The number of likely N-dealkylation sites (N-methyl/N-ethyl adjacent to an activating group) is 1. The molecule has 0 radical (unpaired) electrons. The molecule has 0 spiro atoms. The molecule has 0 atom stereocenters. The summed E-state index contributed by atoms with van der Waals surface area (Å²) in [6.07, 6.45) is 0.870. The third-order valence-electron chi connectivity index (χ3n) is 6.38. The fourth-order valence-electron chi connectivity index (χ4n) is 4.13. The minimum Gasteiger partial charge on any atom is -0.397 e. The lowest BCUT2D eigenvalue weighted by molar-refractivity contribution is -0.139. The third kappa shape index (κ3) is 6.44. The summed E-state index contributed by atoms with van der Waals surface area (Å²) < 4.78 is 56.1. The summed E-state index contributed by atoms with van der Waals surface area (Å²) >= 11 is 0. The number of benzene rings is 2. The molecular weight excluding hydrogens is 516 g/mol. The second-order valence-corrected chi connectivity index (χ2v) is 9.22. The first-order chi connectivity index (χ1) is 18.4. The normalized spacial score (nSPS) is 14.8. The maximum absolute atomic E-state index is 15.0. The molecule has 5 N–H and O–H groups in total. The van der Waals surface area contributed by atoms with Crippen LogP contribution in [-0.2, 0) is 6.18 Å². The zero-order chi connectivity index (χ0) is 28.3. The van der Waals surface area contributed by atoms with E-state index < -0.39 is 23.5 Å². The predicted molar refractivity (Wildman–Crippen MR) is 141 cm³/mol. The summed E-state index contributed by atoms with van der Waals surface area (Å²) in [4.78, 5) is 24.4. The van der Waals surface area contributed by atoms with Crippen LogP contribution in [0.5, 0.6) is 0 Å². The van der Waals surface area contributed by atoms with Crippen molar-refractivity contribution < 1.29 is 22.4 Å². The predicted octanol–water partition coefficient (Wildman–Crippen LogP) is 3.58. The van der Waals surface area contributed by atoms with Gasteiger partial charge in [-0.25, -0.2) is 20.2 Å². The molecule has 9 nitrogen and oxygen atoms in total. The highest BCUT2D eigenvalue weighted by molar-refractivity contribution is 6.05. The fraction of sp³-hybridized carbons (Fsp3) is 0.269. The van der Waals surface area contributed by atoms with E-state index in [2.05, 4.69) is 15.3 Å². The van der Waals surface area contributed by atoms with Crippen molar-refractivity contribution in [2.75, 3.05) is 48.5 Å². The Morgan fingerprint density at radius 1 is 1.08 bits per heavy atom. The summed E-state index contributed by atoms with van der Waals surface area (Å²) in [6, 6.07) is 6.50. The van der Waals surface area contributed by atoms with Gasteiger partial charge in [-0.3, -0.25) is 9.80 Å². The standard InChI is InChI=1S/C26H28F4N8O/c1-16-3-4-19(11-22(16)38(32)14-21(31)18-12-33-15-34-13-18)35-25(39)17-9-20(26(28,29)30)24(27)23(10-17)37-7-5-36(2)6-8-37/h3-4,9-15H,5-8,31-32H2,1-2H3,(H,35,39)/b21-14-. The van der Waals surface area contributed by atoms with Crippen LogP contribution in [0.1, 0.15) is 27.0 Å². The van der Waals surface area contributed by atoms with Crippen molar-refractivity contribution in [2.45, 2.75) is 13.1 Å². The van der Waals surface area contributed by atoms with Gasteiger partial charge in [0.2, 0.25) is 0 Å². The number of alkyl halides is 3. The van der Waals surface area contributed by atoms with Crippen LogP contribution in [0.2, 0.25) is 0 Å². The van der Waals surface area contributed by atoms with Gasteiger partial charge in [0, 0.05) is 61.6 Å². The van der Waals surface area contributed by atoms with E-state index in [-0.39, 0.29) is 22.6 Å². The molecule has 2 heterocycles. The Kier molecular flexibility index (Phi) is 8.02. The van der Waals surface area contributed by atoms with E-state index in [4.69, 9.17) is 11.6 Å². The number of nitrogens with two attached hydrogens (primary N) is 2. The number of carbonyl (C=O) groups is 1. The molecule has 1 aliphatic heterocycles. The van der Waals surface area contributed by atoms with Crippen molar-refractivity contribution in [3.8, 4) is 0 Å². The quantitative estimate of drug-likeness (QED) is 0.245. The molecule has 0 bridgehead atoms. The van der Waals surface area contributed by atoms with Gasteiger partial charge in [-0.05, 0) is 43.8 Å². The Hall–Kier alpha value is -4.23. The number of hydrogen-bond donors (Lipinski definition) is 3.